The molecule has 3 aromatic rings. The van der Waals surface area contributed by atoms with E-state index in [0.717, 1.165) is 10.2 Å². The molecule has 0 aliphatic rings. The van der Waals surface area contributed by atoms with Gasteiger partial charge in [0, 0.05) is 24.5 Å². The highest BCUT2D eigenvalue weighted by atomic mass is 32.1. The summed E-state index contributed by atoms with van der Waals surface area (Å²) in [5.74, 6) is -1.21. The van der Waals surface area contributed by atoms with Crippen LogP contribution in [0.15, 0.2) is 48.5 Å². The van der Waals surface area contributed by atoms with Gasteiger partial charge in [0.25, 0.3) is 5.69 Å². The van der Waals surface area contributed by atoms with Crippen LogP contribution >= 0.6 is 11.3 Å². The van der Waals surface area contributed by atoms with E-state index in [1.54, 1.807) is 18.2 Å². The third-order valence-electron chi connectivity index (χ3n) is 3.35. The number of carboxylic acids is 1. The zero-order valence-electron chi connectivity index (χ0n) is 12.3. The van der Waals surface area contributed by atoms with Crippen molar-refractivity contribution < 1.29 is 14.8 Å². The minimum absolute atomic E-state index is 0.0198. The SMILES string of the molecule is O=C([O-])C/C(=C/c1ccc([N+](=O)[O-])cc1)c1nc2ccccc2s1. The van der Waals surface area contributed by atoms with Gasteiger partial charge in [-0.15, -0.1) is 11.3 Å². The first-order valence-corrected chi connectivity index (χ1v) is 7.85. The molecule has 0 unspecified atom stereocenters. The monoisotopic (exact) mass is 339 g/mol. The maximum atomic E-state index is 11.1. The molecule has 0 saturated carbocycles. The molecule has 0 aliphatic carbocycles. The number of carbonyl (C=O) groups is 1. The number of thiazole rings is 1. The molecule has 0 amide bonds. The fourth-order valence-electron chi connectivity index (χ4n) is 2.25. The number of aliphatic carboxylic acids is 1. The minimum atomic E-state index is -1.21. The van der Waals surface area contributed by atoms with E-state index in [1.165, 1.54) is 23.5 Å². The Hall–Kier alpha value is -3.06. The van der Waals surface area contributed by atoms with Crippen LogP contribution in [0.25, 0.3) is 21.9 Å². The van der Waals surface area contributed by atoms with Gasteiger partial charge in [-0.3, -0.25) is 10.1 Å². The second-order valence-electron chi connectivity index (χ2n) is 5.05. The van der Waals surface area contributed by atoms with Crippen molar-refractivity contribution in [3.63, 3.8) is 0 Å². The first-order chi connectivity index (χ1) is 11.5. The number of non-ortho nitro benzene ring substituents is 1. The van der Waals surface area contributed by atoms with Crippen molar-refractivity contribution in [1.82, 2.24) is 4.98 Å². The minimum Gasteiger partial charge on any atom is -0.550 e. The lowest BCUT2D eigenvalue weighted by Crippen LogP contribution is -2.22. The lowest BCUT2D eigenvalue weighted by atomic mass is 10.1. The Morgan fingerprint density at radius 2 is 1.88 bits per heavy atom. The molecule has 0 bridgehead atoms. The summed E-state index contributed by atoms with van der Waals surface area (Å²) in [7, 11) is 0. The molecular weight excluding hydrogens is 328 g/mol. The van der Waals surface area contributed by atoms with Gasteiger partial charge in [-0.1, -0.05) is 12.1 Å². The fourth-order valence-corrected chi connectivity index (χ4v) is 3.23. The maximum Gasteiger partial charge on any atom is 0.269 e. The van der Waals surface area contributed by atoms with Crippen molar-refractivity contribution >= 4 is 44.9 Å². The van der Waals surface area contributed by atoms with E-state index in [2.05, 4.69) is 4.98 Å². The largest absolute Gasteiger partial charge is 0.550 e. The number of hydrogen-bond donors (Lipinski definition) is 0. The molecule has 24 heavy (non-hydrogen) atoms. The lowest BCUT2D eigenvalue weighted by molar-refractivity contribution is -0.384. The van der Waals surface area contributed by atoms with E-state index < -0.39 is 10.9 Å². The van der Waals surface area contributed by atoms with E-state index in [4.69, 9.17) is 0 Å². The van der Waals surface area contributed by atoms with Gasteiger partial charge in [0.15, 0.2) is 0 Å². The van der Waals surface area contributed by atoms with Crippen LogP contribution in [0.5, 0.6) is 0 Å². The molecule has 7 heteroatoms. The van der Waals surface area contributed by atoms with Crippen LogP contribution in [-0.4, -0.2) is 15.9 Å². The van der Waals surface area contributed by atoms with Gasteiger partial charge >= 0.3 is 0 Å². The van der Waals surface area contributed by atoms with E-state index in [1.807, 2.05) is 24.3 Å². The van der Waals surface area contributed by atoms with Crippen molar-refractivity contribution in [2.24, 2.45) is 0 Å². The number of carboxylic acid groups (broad SMARTS) is 1. The molecule has 0 N–H and O–H groups in total. The van der Waals surface area contributed by atoms with Gasteiger partial charge in [0.2, 0.25) is 0 Å². The quantitative estimate of drug-likeness (QED) is 0.526. The number of carbonyl (C=O) groups excluding carboxylic acids is 1. The van der Waals surface area contributed by atoms with E-state index in [9.17, 15) is 20.0 Å². The average molecular weight is 339 g/mol. The second-order valence-corrected chi connectivity index (χ2v) is 6.08. The summed E-state index contributed by atoms with van der Waals surface area (Å²) in [6, 6.07) is 13.4. The van der Waals surface area contributed by atoms with Crippen molar-refractivity contribution in [3.05, 3.63) is 69.2 Å². The average Bonchev–Trinajstić information content (AvgIpc) is 2.98. The molecule has 0 spiro atoms. The van der Waals surface area contributed by atoms with Crippen molar-refractivity contribution in [2.45, 2.75) is 6.42 Å². The lowest BCUT2D eigenvalue weighted by Gasteiger charge is -2.05. The molecule has 0 fully saturated rings. The molecule has 0 atom stereocenters. The Balaban J connectivity index is 2.01. The number of nitro groups is 1. The Morgan fingerprint density at radius 3 is 2.50 bits per heavy atom. The van der Waals surface area contributed by atoms with Crippen LogP contribution < -0.4 is 5.11 Å². The third kappa shape index (κ3) is 3.47. The number of aromatic nitrogens is 1. The smallest absolute Gasteiger partial charge is 0.269 e. The second kappa shape index (κ2) is 6.59. The summed E-state index contributed by atoms with van der Waals surface area (Å²) in [5, 5.41) is 22.4. The van der Waals surface area contributed by atoms with Crippen molar-refractivity contribution in [3.8, 4) is 0 Å². The summed E-state index contributed by atoms with van der Waals surface area (Å²) in [4.78, 5) is 25.7. The summed E-state index contributed by atoms with van der Waals surface area (Å²) in [5.41, 5.74) is 1.94. The summed E-state index contributed by atoms with van der Waals surface area (Å²) in [6.45, 7) is 0. The Morgan fingerprint density at radius 1 is 1.17 bits per heavy atom. The number of nitro benzene ring substituents is 1. The van der Waals surface area contributed by atoms with Crippen LogP contribution in [0.4, 0.5) is 5.69 Å². The van der Waals surface area contributed by atoms with E-state index >= 15 is 0 Å². The van der Waals surface area contributed by atoms with Crippen LogP contribution in [0.2, 0.25) is 0 Å². The molecule has 1 aromatic heterocycles. The van der Waals surface area contributed by atoms with Crippen molar-refractivity contribution in [1.29, 1.82) is 0 Å². The molecule has 2 aromatic carbocycles. The van der Waals surface area contributed by atoms with Gasteiger partial charge in [0.1, 0.15) is 5.01 Å². The topological polar surface area (TPSA) is 96.2 Å². The Kier molecular flexibility index (Phi) is 4.35. The first kappa shape index (κ1) is 15.8. The molecule has 3 rings (SSSR count). The van der Waals surface area contributed by atoms with Gasteiger partial charge in [-0.05, 0) is 41.5 Å². The Bertz CT molecular complexity index is 912. The van der Waals surface area contributed by atoms with Gasteiger partial charge in [-0.25, -0.2) is 4.98 Å². The molecular formula is C17H11N2O4S-. The first-order valence-electron chi connectivity index (χ1n) is 7.04. The zero-order valence-corrected chi connectivity index (χ0v) is 13.2. The van der Waals surface area contributed by atoms with Crippen LogP contribution in [0.1, 0.15) is 17.0 Å². The van der Waals surface area contributed by atoms with Crippen LogP contribution in [0, 0.1) is 10.1 Å². The van der Waals surface area contributed by atoms with E-state index in [0.29, 0.717) is 16.1 Å². The molecule has 1 heterocycles. The number of nitrogens with zero attached hydrogens (tertiary/aromatic N) is 2. The number of para-hydroxylation sites is 1. The number of hydrogen-bond acceptors (Lipinski definition) is 6. The predicted molar refractivity (Wildman–Crippen MR) is 90.2 cm³/mol. The fraction of sp³-hybridized carbons (Fsp3) is 0.0588. The highest BCUT2D eigenvalue weighted by molar-refractivity contribution is 7.19. The Labute approximate surface area is 140 Å². The maximum absolute atomic E-state index is 11.1. The molecule has 120 valence electrons. The predicted octanol–water partition coefficient (Wildman–Crippen LogP) is 2.89. The molecule has 0 aliphatic heterocycles. The van der Waals surface area contributed by atoms with Crippen LogP contribution in [0.3, 0.4) is 0 Å². The standard InChI is InChI=1S/C17H12N2O4S/c20-16(21)10-12(9-11-5-7-13(8-6-11)19(22)23)17-18-14-3-1-2-4-15(14)24-17/h1-9H,10H2,(H,20,21)/p-1/b12-9-. The highest BCUT2D eigenvalue weighted by Crippen LogP contribution is 2.30. The number of rotatable bonds is 5. The van der Waals surface area contributed by atoms with E-state index in [-0.39, 0.29) is 12.1 Å². The van der Waals surface area contributed by atoms with Crippen LogP contribution in [-0.2, 0) is 4.79 Å². The molecule has 6 nitrogen and oxygen atoms in total. The summed E-state index contributed by atoms with van der Waals surface area (Å²) in [6.07, 6.45) is 1.38. The highest BCUT2D eigenvalue weighted by Gasteiger charge is 2.10. The third-order valence-corrected chi connectivity index (χ3v) is 4.46. The number of fused-ring (bicyclic) bond motifs is 1. The van der Waals surface area contributed by atoms with Gasteiger partial charge in [0.05, 0.1) is 15.1 Å². The summed E-state index contributed by atoms with van der Waals surface area (Å²) < 4.78 is 0.959. The van der Waals surface area contributed by atoms with Gasteiger partial charge < -0.3 is 9.90 Å². The summed E-state index contributed by atoms with van der Waals surface area (Å²) >= 11 is 1.40. The van der Waals surface area contributed by atoms with Gasteiger partial charge in [-0.2, -0.15) is 0 Å². The zero-order chi connectivity index (χ0) is 17.1. The van der Waals surface area contributed by atoms with Crippen molar-refractivity contribution in [2.75, 3.05) is 0 Å². The normalized spacial score (nSPS) is 11.6. The number of benzene rings is 2. The molecule has 0 saturated heterocycles. The molecule has 0 radical (unpaired) electrons.